The Labute approximate surface area is 145 Å². The van der Waals surface area contributed by atoms with Crippen LogP contribution in [-0.4, -0.2) is 20.6 Å². The van der Waals surface area contributed by atoms with Gasteiger partial charge in [-0.25, -0.2) is 12.8 Å². The molecule has 0 fully saturated rings. The van der Waals surface area contributed by atoms with E-state index in [1.54, 1.807) is 12.1 Å². The number of hydrogen-bond donors (Lipinski definition) is 2. The molecule has 0 aliphatic heterocycles. The second-order valence-electron chi connectivity index (χ2n) is 5.41. The minimum absolute atomic E-state index is 0.00518. The van der Waals surface area contributed by atoms with Gasteiger partial charge in [0.05, 0.1) is 11.8 Å². The van der Waals surface area contributed by atoms with Crippen LogP contribution in [0.15, 0.2) is 48.1 Å². The van der Waals surface area contributed by atoms with Gasteiger partial charge in [0.15, 0.2) is 0 Å². The molecule has 1 aromatic rings. The molecule has 1 aromatic carbocycles. The van der Waals surface area contributed by atoms with Gasteiger partial charge in [0.2, 0.25) is 15.9 Å². The van der Waals surface area contributed by atoms with Gasteiger partial charge in [-0.1, -0.05) is 24.3 Å². The summed E-state index contributed by atoms with van der Waals surface area (Å²) in [4.78, 5) is 11.8. The molecular weight excluding hydrogens is 345 g/mol. The van der Waals surface area contributed by atoms with E-state index in [0.717, 1.165) is 24.3 Å². The third-order valence-corrected chi connectivity index (χ3v) is 3.85. The van der Waals surface area contributed by atoms with Gasteiger partial charge in [-0.05, 0) is 29.7 Å². The summed E-state index contributed by atoms with van der Waals surface area (Å²) >= 11 is 0. The van der Waals surface area contributed by atoms with Crippen molar-refractivity contribution < 1.29 is 17.6 Å². The van der Waals surface area contributed by atoms with Crippen LogP contribution < -0.4 is 10.0 Å². The monoisotopic (exact) mass is 361 g/mol. The third-order valence-electron chi connectivity index (χ3n) is 3.27. The van der Waals surface area contributed by atoms with Crippen LogP contribution in [0.4, 0.5) is 10.1 Å². The van der Waals surface area contributed by atoms with Gasteiger partial charge in [0.25, 0.3) is 0 Å². The molecule has 0 spiro atoms. The van der Waals surface area contributed by atoms with Gasteiger partial charge in [0.1, 0.15) is 17.6 Å². The van der Waals surface area contributed by atoms with Crippen molar-refractivity contribution >= 4 is 21.6 Å². The Morgan fingerprint density at radius 1 is 1.44 bits per heavy atom. The molecule has 0 radical (unpaired) electrons. The molecule has 0 aromatic heterocycles. The summed E-state index contributed by atoms with van der Waals surface area (Å²) in [6, 6.07) is 4.14. The minimum atomic E-state index is -3.72. The molecule has 130 valence electrons. The maximum atomic E-state index is 14.1. The summed E-state index contributed by atoms with van der Waals surface area (Å²) in [7, 11) is -3.72. The van der Waals surface area contributed by atoms with Crippen molar-refractivity contribution in [2.45, 2.75) is 13.0 Å². The highest BCUT2D eigenvalue weighted by Crippen LogP contribution is 2.22. The van der Waals surface area contributed by atoms with Crippen molar-refractivity contribution in [1.82, 2.24) is 5.32 Å². The number of carbonyl (C=O) groups is 1. The molecule has 0 saturated heterocycles. The average molecular weight is 361 g/mol. The lowest BCUT2D eigenvalue weighted by Gasteiger charge is -2.10. The van der Waals surface area contributed by atoms with Crippen molar-refractivity contribution in [1.29, 1.82) is 5.26 Å². The SMILES string of the molecule is CS(=O)(=O)Nc1c(F)cc(CNC(=O)/C=C/C2=CC=CC2)cc1C#N. The number of rotatable bonds is 6. The van der Waals surface area contributed by atoms with Gasteiger partial charge in [0, 0.05) is 12.6 Å². The molecule has 8 heteroatoms. The van der Waals surface area contributed by atoms with E-state index in [1.807, 2.05) is 23.0 Å². The number of nitriles is 1. The van der Waals surface area contributed by atoms with E-state index in [1.165, 1.54) is 12.1 Å². The van der Waals surface area contributed by atoms with Crippen molar-refractivity contribution in [2.24, 2.45) is 0 Å². The summed E-state index contributed by atoms with van der Waals surface area (Å²) < 4.78 is 38.5. The predicted octanol–water partition coefficient (Wildman–Crippen LogP) is 2.13. The molecule has 0 heterocycles. The van der Waals surface area contributed by atoms with E-state index in [9.17, 15) is 17.6 Å². The first-order valence-electron chi connectivity index (χ1n) is 7.30. The van der Waals surface area contributed by atoms with E-state index in [0.29, 0.717) is 5.56 Å². The van der Waals surface area contributed by atoms with Crippen LogP contribution in [0.3, 0.4) is 0 Å². The smallest absolute Gasteiger partial charge is 0.244 e. The van der Waals surface area contributed by atoms with Crippen molar-refractivity contribution in [3.8, 4) is 6.07 Å². The van der Waals surface area contributed by atoms with Crippen molar-refractivity contribution in [2.75, 3.05) is 11.0 Å². The number of allylic oxidation sites excluding steroid dienone is 5. The molecule has 1 aliphatic carbocycles. The zero-order valence-corrected chi connectivity index (χ0v) is 14.2. The number of hydrogen-bond acceptors (Lipinski definition) is 4. The number of benzene rings is 1. The van der Waals surface area contributed by atoms with E-state index in [4.69, 9.17) is 5.26 Å². The van der Waals surface area contributed by atoms with Gasteiger partial charge in [-0.3, -0.25) is 9.52 Å². The maximum absolute atomic E-state index is 14.1. The first-order chi connectivity index (χ1) is 11.8. The quantitative estimate of drug-likeness (QED) is 0.758. The number of carbonyl (C=O) groups excluding carboxylic acids is 1. The van der Waals surface area contributed by atoms with E-state index in [-0.39, 0.29) is 18.0 Å². The maximum Gasteiger partial charge on any atom is 0.244 e. The highest BCUT2D eigenvalue weighted by Gasteiger charge is 2.15. The van der Waals surface area contributed by atoms with Gasteiger partial charge in [-0.2, -0.15) is 5.26 Å². The lowest BCUT2D eigenvalue weighted by molar-refractivity contribution is -0.116. The first-order valence-corrected chi connectivity index (χ1v) is 9.19. The topological polar surface area (TPSA) is 99.1 Å². The van der Waals surface area contributed by atoms with Crippen molar-refractivity contribution in [3.05, 3.63) is 65.0 Å². The molecule has 1 aliphatic rings. The first kappa shape index (κ1) is 18.4. The zero-order chi connectivity index (χ0) is 18.4. The molecule has 25 heavy (non-hydrogen) atoms. The Kier molecular flexibility index (Phi) is 5.72. The fourth-order valence-electron chi connectivity index (χ4n) is 2.16. The molecule has 2 rings (SSSR count). The fraction of sp³-hybridized carbons (Fsp3) is 0.176. The average Bonchev–Trinajstić information content (AvgIpc) is 3.05. The number of nitrogens with zero attached hydrogens (tertiary/aromatic N) is 1. The van der Waals surface area contributed by atoms with Crippen LogP contribution in [-0.2, 0) is 21.4 Å². The second kappa shape index (κ2) is 7.77. The summed E-state index contributed by atoms with van der Waals surface area (Å²) in [6.45, 7) is 0.00518. The number of nitrogens with one attached hydrogen (secondary N) is 2. The summed E-state index contributed by atoms with van der Waals surface area (Å²) in [6.07, 6.45) is 10.5. The summed E-state index contributed by atoms with van der Waals surface area (Å²) in [5.41, 5.74) is 0.786. The second-order valence-corrected chi connectivity index (χ2v) is 7.16. The number of sulfonamides is 1. The largest absolute Gasteiger partial charge is 0.348 e. The van der Waals surface area contributed by atoms with Gasteiger partial charge >= 0.3 is 0 Å². The third kappa shape index (κ3) is 5.58. The van der Waals surface area contributed by atoms with Crippen LogP contribution >= 0.6 is 0 Å². The van der Waals surface area contributed by atoms with Gasteiger partial charge < -0.3 is 5.32 Å². The molecule has 2 N–H and O–H groups in total. The van der Waals surface area contributed by atoms with Crippen LogP contribution in [0.25, 0.3) is 0 Å². The van der Waals surface area contributed by atoms with E-state index >= 15 is 0 Å². The Morgan fingerprint density at radius 3 is 2.80 bits per heavy atom. The van der Waals surface area contributed by atoms with E-state index in [2.05, 4.69) is 5.32 Å². The van der Waals surface area contributed by atoms with Crippen LogP contribution in [0.5, 0.6) is 0 Å². The Morgan fingerprint density at radius 2 is 2.20 bits per heavy atom. The Balaban J connectivity index is 2.06. The number of amides is 1. The predicted molar refractivity (Wildman–Crippen MR) is 92.4 cm³/mol. The zero-order valence-electron chi connectivity index (χ0n) is 13.4. The normalized spacial score (nSPS) is 13.6. The number of halogens is 1. The van der Waals surface area contributed by atoms with Crippen molar-refractivity contribution in [3.63, 3.8) is 0 Å². The highest BCUT2D eigenvalue weighted by molar-refractivity contribution is 7.92. The lowest BCUT2D eigenvalue weighted by Crippen LogP contribution is -2.21. The lowest BCUT2D eigenvalue weighted by atomic mass is 10.1. The molecule has 0 saturated carbocycles. The summed E-state index contributed by atoms with van der Waals surface area (Å²) in [5, 5.41) is 11.7. The molecule has 6 nitrogen and oxygen atoms in total. The van der Waals surface area contributed by atoms with Gasteiger partial charge in [-0.15, -0.1) is 0 Å². The Bertz CT molecular complexity index is 925. The van der Waals surface area contributed by atoms with Crippen LogP contribution in [0.2, 0.25) is 0 Å². The molecule has 1 amide bonds. The Hall–Kier alpha value is -2.92. The van der Waals surface area contributed by atoms with E-state index < -0.39 is 21.5 Å². The minimum Gasteiger partial charge on any atom is -0.348 e. The molecule has 0 atom stereocenters. The molecule has 0 unspecified atom stereocenters. The summed E-state index contributed by atoms with van der Waals surface area (Å²) in [5.74, 6) is -1.24. The highest BCUT2D eigenvalue weighted by atomic mass is 32.2. The standard InChI is InChI=1S/C17H16FN3O3S/c1-25(23,24)21-17-14(10-19)8-13(9-15(17)18)11-20-16(22)7-6-12-4-2-3-5-12/h2-4,6-9,21H,5,11H2,1H3,(H,20,22)/b7-6+. The molecule has 0 bridgehead atoms. The number of anilines is 1. The van der Waals surface area contributed by atoms with Crippen LogP contribution in [0, 0.1) is 17.1 Å². The fourth-order valence-corrected chi connectivity index (χ4v) is 2.74. The van der Waals surface area contributed by atoms with Crippen LogP contribution in [0.1, 0.15) is 17.5 Å². The molecular formula is C17H16FN3O3S.